The molecule has 33 heavy (non-hydrogen) atoms. The molecule has 174 valence electrons. The lowest BCUT2D eigenvalue weighted by Crippen LogP contribution is -2.37. The standard InChI is InChI=1S/C23H24N2O8/c1-29-21(26)16-17(22(27)30-2)20(24-10-12-32-13-11-24)33-19(16)18-15-7-5-4-6-14(15)8-9-25(18)23(28)31-3/h4-9,18H,10-13H2,1-3H3. The molecule has 1 unspecified atom stereocenters. The molecule has 0 bridgehead atoms. The average molecular weight is 456 g/mol. The minimum absolute atomic E-state index is 0.0573. The summed E-state index contributed by atoms with van der Waals surface area (Å²) in [5, 5.41) is 0. The number of ether oxygens (including phenoxy) is 4. The minimum atomic E-state index is -0.883. The summed E-state index contributed by atoms with van der Waals surface area (Å²) < 4.78 is 26.6. The maximum absolute atomic E-state index is 13.0. The van der Waals surface area contributed by atoms with Crippen molar-refractivity contribution in [3.05, 3.63) is 58.5 Å². The first-order valence-corrected chi connectivity index (χ1v) is 10.3. The maximum atomic E-state index is 13.0. The van der Waals surface area contributed by atoms with E-state index in [0.717, 1.165) is 5.56 Å². The van der Waals surface area contributed by atoms with Crippen molar-refractivity contribution >= 4 is 30.0 Å². The Hall–Kier alpha value is -3.79. The van der Waals surface area contributed by atoms with Crippen LogP contribution in [0.15, 0.2) is 34.9 Å². The third kappa shape index (κ3) is 3.93. The Kier molecular flexibility index (Phi) is 6.36. The fourth-order valence-electron chi connectivity index (χ4n) is 4.06. The molecule has 1 aromatic carbocycles. The number of nitrogens with zero attached hydrogens (tertiary/aromatic N) is 2. The number of hydrogen-bond acceptors (Lipinski definition) is 9. The molecular weight excluding hydrogens is 432 g/mol. The maximum Gasteiger partial charge on any atom is 0.414 e. The fraction of sp³-hybridized carbons (Fsp3) is 0.348. The summed E-state index contributed by atoms with van der Waals surface area (Å²) in [4.78, 5) is 41.6. The van der Waals surface area contributed by atoms with E-state index in [1.807, 2.05) is 24.3 Å². The van der Waals surface area contributed by atoms with Crippen molar-refractivity contribution in [2.45, 2.75) is 6.04 Å². The summed E-state index contributed by atoms with van der Waals surface area (Å²) in [5.74, 6) is -1.30. The molecule has 1 fully saturated rings. The molecule has 0 saturated carbocycles. The quantitative estimate of drug-likeness (QED) is 0.507. The smallest absolute Gasteiger partial charge is 0.414 e. The Morgan fingerprint density at radius 1 is 0.939 bits per heavy atom. The molecule has 0 N–H and O–H groups in total. The number of carbonyl (C=O) groups excluding carboxylic acids is 3. The highest BCUT2D eigenvalue weighted by atomic mass is 16.5. The van der Waals surface area contributed by atoms with E-state index in [9.17, 15) is 14.4 Å². The monoisotopic (exact) mass is 456 g/mol. The zero-order chi connectivity index (χ0) is 23.5. The number of hydrogen-bond donors (Lipinski definition) is 0. The van der Waals surface area contributed by atoms with E-state index in [4.69, 9.17) is 23.4 Å². The number of anilines is 1. The van der Waals surface area contributed by atoms with Gasteiger partial charge in [-0.2, -0.15) is 0 Å². The van der Waals surface area contributed by atoms with Crippen LogP contribution in [0.25, 0.3) is 6.08 Å². The lowest BCUT2D eigenvalue weighted by atomic mass is 9.92. The summed E-state index contributed by atoms with van der Waals surface area (Å²) in [7, 11) is 3.69. The summed E-state index contributed by atoms with van der Waals surface area (Å²) >= 11 is 0. The first kappa shape index (κ1) is 22.4. The number of fused-ring (bicyclic) bond motifs is 1. The number of benzene rings is 1. The predicted molar refractivity (Wildman–Crippen MR) is 116 cm³/mol. The number of methoxy groups -OCH3 is 3. The molecule has 2 aliphatic rings. The Morgan fingerprint density at radius 3 is 2.27 bits per heavy atom. The summed E-state index contributed by atoms with van der Waals surface area (Å²) in [5.41, 5.74) is 1.35. The molecule has 3 heterocycles. The van der Waals surface area contributed by atoms with Crippen molar-refractivity contribution in [1.29, 1.82) is 0 Å². The van der Waals surface area contributed by atoms with Crippen LogP contribution in [0, 0.1) is 0 Å². The van der Waals surface area contributed by atoms with Gasteiger partial charge in [0, 0.05) is 19.3 Å². The summed E-state index contributed by atoms with van der Waals surface area (Å²) in [6, 6.07) is 6.47. The van der Waals surface area contributed by atoms with E-state index in [-0.39, 0.29) is 22.8 Å². The van der Waals surface area contributed by atoms with E-state index in [1.54, 1.807) is 17.2 Å². The second kappa shape index (κ2) is 9.37. The van der Waals surface area contributed by atoms with Crippen LogP contribution >= 0.6 is 0 Å². The van der Waals surface area contributed by atoms with Gasteiger partial charge in [0.05, 0.1) is 34.5 Å². The third-order valence-corrected chi connectivity index (χ3v) is 5.61. The van der Waals surface area contributed by atoms with Gasteiger partial charge in [-0.15, -0.1) is 0 Å². The SMILES string of the molecule is COC(=O)c1c(C2c3ccccc3C=CN2C(=O)OC)oc(N2CCOCC2)c1C(=O)OC. The Balaban J connectivity index is 1.99. The molecule has 2 aliphatic heterocycles. The zero-order valence-corrected chi connectivity index (χ0v) is 18.5. The molecule has 1 amide bonds. The van der Waals surface area contributed by atoms with Gasteiger partial charge < -0.3 is 28.3 Å². The van der Waals surface area contributed by atoms with Crippen molar-refractivity contribution in [2.24, 2.45) is 0 Å². The fourth-order valence-corrected chi connectivity index (χ4v) is 4.06. The Bertz CT molecular complexity index is 1100. The van der Waals surface area contributed by atoms with E-state index in [0.29, 0.717) is 31.9 Å². The number of esters is 2. The van der Waals surface area contributed by atoms with Crippen LogP contribution in [0.5, 0.6) is 0 Å². The van der Waals surface area contributed by atoms with Crippen molar-refractivity contribution in [1.82, 2.24) is 4.90 Å². The molecule has 1 aromatic heterocycles. The number of furan rings is 1. The Labute approximate surface area is 190 Å². The molecule has 0 spiro atoms. The molecule has 1 atom stereocenters. The highest BCUT2D eigenvalue weighted by Crippen LogP contribution is 2.43. The van der Waals surface area contributed by atoms with Gasteiger partial charge in [0.15, 0.2) is 0 Å². The molecular formula is C23H24N2O8. The summed E-state index contributed by atoms with van der Waals surface area (Å²) in [6.07, 6.45) is 2.65. The largest absolute Gasteiger partial charge is 0.465 e. The van der Waals surface area contributed by atoms with Gasteiger partial charge in [-0.05, 0) is 17.2 Å². The van der Waals surface area contributed by atoms with Gasteiger partial charge in [0.2, 0.25) is 5.88 Å². The first-order valence-electron chi connectivity index (χ1n) is 10.3. The molecule has 10 heteroatoms. The molecule has 10 nitrogen and oxygen atoms in total. The van der Waals surface area contributed by atoms with E-state index in [1.165, 1.54) is 26.2 Å². The van der Waals surface area contributed by atoms with E-state index < -0.39 is 24.1 Å². The zero-order valence-electron chi connectivity index (χ0n) is 18.5. The van der Waals surface area contributed by atoms with Gasteiger partial charge in [-0.1, -0.05) is 24.3 Å². The Morgan fingerprint density at radius 2 is 1.61 bits per heavy atom. The van der Waals surface area contributed by atoms with Gasteiger partial charge in [-0.3, -0.25) is 4.90 Å². The predicted octanol–water partition coefficient (Wildman–Crippen LogP) is 2.83. The van der Waals surface area contributed by atoms with Crippen LogP contribution in [0.3, 0.4) is 0 Å². The first-order chi connectivity index (χ1) is 16.0. The number of rotatable bonds is 4. The lowest BCUT2D eigenvalue weighted by molar-refractivity contribution is 0.0554. The van der Waals surface area contributed by atoms with E-state index in [2.05, 4.69) is 0 Å². The van der Waals surface area contributed by atoms with Crippen LogP contribution in [0.1, 0.15) is 43.6 Å². The molecule has 0 aliphatic carbocycles. The van der Waals surface area contributed by atoms with Crippen LogP contribution in [0.2, 0.25) is 0 Å². The van der Waals surface area contributed by atoms with Crippen molar-refractivity contribution in [3.8, 4) is 0 Å². The normalized spacial score (nSPS) is 17.4. The third-order valence-electron chi connectivity index (χ3n) is 5.61. The second-order valence-corrected chi connectivity index (χ2v) is 7.33. The van der Waals surface area contributed by atoms with Crippen LogP contribution in [-0.4, -0.2) is 70.6 Å². The van der Waals surface area contributed by atoms with Gasteiger partial charge in [0.25, 0.3) is 0 Å². The molecule has 1 saturated heterocycles. The lowest BCUT2D eigenvalue weighted by Gasteiger charge is -2.31. The minimum Gasteiger partial charge on any atom is -0.465 e. The average Bonchev–Trinajstić information content (AvgIpc) is 3.27. The second-order valence-electron chi connectivity index (χ2n) is 7.33. The highest BCUT2D eigenvalue weighted by molar-refractivity contribution is 6.07. The highest BCUT2D eigenvalue weighted by Gasteiger charge is 2.42. The van der Waals surface area contributed by atoms with Crippen LogP contribution in [-0.2, 0) is 18.9 Å². The number of amides is 1. The summed E-state index contributed by atoms with van der Waals surface area (Å²) in [6.45, 7) is 1.74. The molecule has 4 rings (SSSR count). The van der Waals surface area contributed by atoms with Gasteiger partial charge in [-0.25, -0.2) is 14.4 Å². The van der Waals surface area contributed by atoms with Crippen molar-refractivity contribution in [3.63, 3.8) is 0 Å². The van der Waals surface area contributed by atoms with Gasteiger partial charge >= 0.3 is 18.0 Å². The van der Waals surface area contributed by atoms with Gasteiger partial charge in [0.1, 0.15) is 22.9 Å². The van der Waals surface area contributed by atoms with E-state index >= 15 is 0 Å². The van der Waals surface area contributed by atoms with Crippen LogP contribution in [0.4, 0.5) is 10.7 Å². The molecule has 0 radical (unpaired) electrons. The van der Waals surface area contributed by atoms with Crippen LogP contribution < -0.4 is 4.90 Å². The number of carbonyl (C=O) groups is 3. The molecule has 2 aromatic rings. The van der Waals surface area contributed by atoms with Crippen molar-refractivity contribution in [2.75, 3.05) is 52.5 Å². The topological polar surface area (TPSA) is 108 Å². The van der Waals surface area contributed by atoms with Crippen molar-refractivity contribution < 1.29 is 37.7 Å². The number of morpholine rings is 1.